The molecule has 1 aromatic heterocycles. The number of carbonyl (C=O) groups is 1. The number of hydrogen-bond donors (Lipinski definition) is 0. The SMILES string of the molecule is CCOC(=O)c1cn(Cc2ccc(Cl)cc2)c2ccccc2c1=O. The zero-order valence-electron chi connectivity index (χ0n) is 13.2. The van der Waals surface area contributed by atoms with Gasteiger partial charge in [-0.05, 0) is 36.8 Å². The van der Waals surface area contributed by atoms with Crippen molar-refractivity contribution < 1.29 is 9.53 Å². The van der Waals surface area contributed by atoms with Gasteiger partial charge >= 0.3 is 5.97 Å². The molecular formula is C19H16ClNO3. The lowest BCUT2D eigenvalue weighted by Gasteiger charge is -2.13. The molecule has 0 atom stereocenters. The third-order valence-corrected chi connectivity index (χ3v) is 4.00. The number of esters is 1. The molecule has 5 heteroatoms. The zero-order valence-corrected chi connectivity index (χ0v) is 13.9. The lowest BCUT2D eigenvalue weighted by Crippen LogP contribution is -2.21. The van der Waals surface area contributed by atoms with Crippen molar-refractivity contribution in [3.63, 3.8) is 0 Å². The lowest BCUT2D eigenvalue weighted by molar-refractivity contribution is 0.0524. The maximum atomic E-state index is 12.6. The molecule has 0 saturated heterocycles. The fourth-order valence-corrected chi connectivity index (χ4v) is 2.74. The third-order valence-electron chi connectivity index (χ3n) is 3.75. The summed E-state index contributed by atoms with van der Waals surface area (Å²) in [6.07, 6.45) is 1.57. The van der Waals surface area contributed by atoms with Crippen LogP contribution in [0.15, 0.2) is 59.5 Å². The van der Waals surface area contributed by atoms with Gasteiger partial charge in [0.1, 0.15) is 5.56 Å². The smallest absolute Gasteiger partial charge is 0.343 e. The molecule has 2 aromatic carbocycles. The van der Waals surface area contributed by atoms with E-state index in [4.69, 9.17) is 16.3 Å². The van der Waals surface area contributed by atoms with Crippen molar-refractivity contribution >= 4 is 28.5 Å². The van der Waals surface area contributed by atoms with Gasteiger partial charge in [-0.2, -0.15) is 0 Å². The minimum Gasteiger partial charge on any atom is -0.462 e. The van der Waals surface area contributed by atoms with Crippen LogP contribution in [0, 0.1) is 0 Å². The standard InChI is InChI=1S/C19H16ClNO3/c1-2-24-19(23)16-12-21(11-13-7-9-14(20)10-8-13)17-6-4-3-5-15(17)18(16)22/h3-10,12H,2,11H2,1H3. The Bertz CT molecular complexity index is 945. The molecule has 4 nitrogen and oxygen atoms in total. The summed E-state index contributed by atoms with van der Waals surface area (Å²) in [5.74, 6) is -0.599. The number of pyridine rings is 1. The van der Waals surface area contributed by atoms with E-state index in [-0.39, 0.29) is 17.6 Å². The summed E-state index contributed by atoms with van der Waals surface area (Å²) in [6, 6.07) is 14.7. The molecule has 0 radical (unpaired) electrons. The van der Waals surface area contributed by atoms with Crippen LogP contribution in [0.1, 0.15) is 22.8 Å². The van der Waals surface area contributed by atoms with Crippen LogP contribution in [0.25, 0.3) is 10.9 Å². The quantitative estimate of drug-likeness (QED) is 0.677. The van der Waals surface area contributed by atoms with Crippen LogP contribution in [0.5, 0.6) is 0 Å². The van der Waals surface area contributed by atoms with Gasteiger partial charge in [-0.1, -0.05) is 35.9 Å². The van der Waals surface area contributed by atoms with E-state index in [1.165, 1.54) is 0 Å². The largest absolute Gasteiger partial charge is 0.462 e. The van der Waals surface area contributed by atoms with Crippen LogP contribution in [0.2, 0.25) is 5.02 Å². The molecule has 0 unspecified atom stereocenters. The minimum absolute atomic E-state index is 0.0458. The van der Waals surface area contributed by atoms with E-state index in [2.05, 4.69) is 0 Å². The number of fused-ring (bicyclic) bond motifs is 1. The van der Waals surface area contributed by atoms with E-state index < -0.39 is 5.97 Å². The van der Waals surface area contributed by atoms with E-state index in [9.17, 15) is 9.59 Å². The molecule has 0 spiro atoms. The Kier molecular flexibility index (Phi) is 4.67. The first-order chi connectivity index (χ1) is 11.6. The van der Waals surface area contributed by atoms with E-state index in [1.807, 2.05) is 41.0 Å². The molecule has 0 fully saturated rings. The highest BCUT2D eigenvalue weighted by molar-refractivity contribution is 6.30. The van der Waals surface area contributed by atoms with Gasteiger partial charge in [0.25, 0.3) is 0 Å². The Balaban J connectivity index is 2.15. The second-order valence-electron chi connectivity index (χ2n) is 5.36. The number of halogens is 1. The van der Waals surface area contributed by atoms with Crippen LogP contribution >= 0.6 is 11.6 Å². The van der Waals surface area contributed by atoms with Crippen molar-refractivity contribution in [3.8, 4) is 0 Å². The first kappa shape index (κ1) is 16.3. The Morgan fingerprint density at radius 3 is 2.54 bits per heavy atom. The van der Waals surface area contributed by atoms with Crippen LogP contribution in [-0.4, -0.2) is 17.1 Å². The van der Waals surface area contributed by atoms with Gasteiger partial charge in [-0.15, -0.1) is 0 Å². The van der Waals surface area contributed by atoms with Crippen LogP contribution < -0.4 is 5.43 Å². The second-order valence-corrected chi connectivity index (χ2v) is 5.80. The third kappa shape index (κ3) is 3.19. The van der Waals surface area contributed by atoms with Gasteiger partial charge in [-0.25, -0.2) is 4.79 Å². The number of aromatic nitrogens is 1. The van der Waals surface area contributed by atoms with Gasteiger partial charge in [0.2, 0.25) is 5.43 Å². The van der Waals surface area contributed by atoms with Crippen molar-refractivity contribution in [2.75, 3.05) is 6.61 Å². The van der Waals surface area contributed by atoms with Crippen LogP contribution in [0.3, 0.4) is 0 Å². The van der Waals surface area contributed by atoms with Crippen molar-refractivity contribution in [3.05, 3.63) is 81.1 Å². The number of carbonyl (C=O) groups excluding carboxylic acids is 1. The average Bonchev–Trinajstić information content (AvgIpc) is 2.59. The molecule has 0 aliphatic carbocycles. The molecule has 0 saturated carbocycles. The van der Waals surface area contributed by atoms with Gasteiger partial charge in [0.05, 0.1) is 12.1 Å². The summed E-state index contributed by atoms with van der Waals surface area (Å²) >= 11 is 5.92. The van der Waals surface area contributed by atoms with Crippen molar-refractivity contribution in [2.24, 2.45) is 0 Å². The van der Waals surface area contributed by atoms with Crippen molar-refractivity contribution in [2.45, 2.75) is 13.5 Å². The van der Waals surface area contributed by atoms with E-state index in [0.29, 0.717) is 17.0 Å². The summed E-state index contributed by atoms with van der Waals surface area (Å²) in [5, 5.41) is 1.16. The fourth-order valence-electron chi connectivity index (χ4n) is 2.62. The van der Waals surface area contributed by atoms with Crippen molar-refractivity contribution in [1.29, 1.82) is 0 Å². The number of benzene rings is 2. The Morgan fingerprint density at radius 2 is 1.83 bits per heavy atom. The summed E-state index contributed by atoms with van der Waals surface area (Å²) in [5.41, 5.74) is 1.52. The summed E-state index contributed by atoms with van der Waals surface area (Å²) in [4.78, 5) is 24.7. The highest BCUT2D eigenvalue weighted by atomic mass is 35.5. The Morgan fingerprint density at radius 1 is 1.12 bits per heavy atom. The fraction of sp³-hybridized carbons (Fsp3) is 0.158. The van der Waals surface area contributed by atoms with E-state index >= 15 is 0 Å². The molecule has 0 bridgehead atoms. The number of nitrogens with zero attached hydrogens (tertiary/aromatic N) is 1. The first-order valence-corrected chi connectivity index (χ1v) is 8.01. The maximum absolute atomic E-state index is 12.6. The number of ether oxygens (including phenoxy) is 1. The van der Waals surface area contributed by atoms with Gasteiger partial charge in [0, 0.05) is 23.2 Å². The predicted molar refractivity (Wildman–Crippen MR) is 94.7 cm³/mol. The van der Waals surface area contributed by atoms with Crippen LogP contribution in [0.4, 0.5) is 0 Å². The molecule has 24 heavy (non-hydrogen) atoms. The first-order valence-electron chi connectivity index (χ1n) is 7.64. The molecule has 1 heterocycles. The van der Waals surface area contributed by atoms with Gasteiger partial charge in [0.15, 0.2) is 0 Å². The molecule has 122 valence electrons. The summed E-state index contributed by atoms with van der Waals surface area (Å²) < 4.78 is 6.89. The molecule has 0 N–H and O–H groups in total. The van der Waals surface area contributed by atoms with Gasteiger partial charge in [-0.3, -0.25) is 4.79 Å². The molecule has 0 aliphatic rings. The topological polar surface area (TPSA) is 48.3 Å². The number of rotatable bonds is 4. The Labute approximate surface area is 144 Å². The molecule has 3 rings (SSSR count). The monoisotopic (exact) mass is 341 g/mol. The molecule has 0 aliphatic heterocycles. The number of hydrogen-bond acceptors (Lipinski definition) is 3. The number of para-hydroxylation sites is 1. The average molecular weight is 342 g/mol. The highest BCUT2D eigenvalue weighted by Gasteiger charge is 2.16. The molecular weight excluding hydrogens is 326 g/mol. The Hall–Kier alpha value is -2.59. The van der Waals surface area contributed by atoms with E-state index in [0.717, 1.165) is 11.1 Å². The normalized spacial score (nSPS) is 10.8. The van der Waals surface area contributed by atoms with Crippen LogP contribution in [-0.2, 0) is 11.3 Å². The minimum atomic E-state index is -0.599. The molecule has 0 amide bonds. The molecule has 3 aromatic rings. The van der Waals surface area contributed by atoms with Gasteiger partial charge < -0.3 is 9.30 Å². The highest BCUT2D eigenvalue weighted by Crippen LogP contribution is 2.16. The summed E-state index contributed by atoms with van der Waals surface area (Å²) in [6.45, 7) is 2.46. The summed E-state index contributed by atoms with van der Waals surface area (Å²) in [7, 11) is 0. The zero-order chi connectivity index (χ0) is 17.1. The second kappa shape index (κ2) is 6.89. The maximum Gasteiger partial charge on any atom is 0.343 e. The predicted octanol–water partition coefficient (Wildman–Crippen LogP) is 3.88. The lowest BCUT2D eigenvalue weighted by atomic mass is 10.1. The van der Waals surface area contributed by atoms with Crippen molar-refractivity contribution in [1.82, 2.24) is 4.57 Å². The van der Waals surface area contributed by atoms with E-state index in [1.54, 1.807) is 25.3 Å².